The summed E-state index contributed by atoms with van der Waals surface area (Å²) in [5, 5.41) is 5.94. The summed E-state index contributed by atoms with van der Waals surface area (Å²) in [6.45, 7) is 0.420. The lowest BCUT2D eigenvalue weighted by Gasteiger charge is -2.23. The highest BCUT2D eigenvalue weighted by Gasteiger charge is 2.25. The highest BCUT2D eigenvalue weighted by molar-refractivity contribution is 6.35. The van der Waals surface area contributed by atoms with E-state index in [9.17, 15) is 0 Å². The van der Waals surface area contributed by atoms with Crippen molar-refractivity contribution in [3.8, 4) is 11.6 Å². The number of fused-ring (bicyclic) bond motifs is 1. The monoisotopic (exact) mass is 492 g/mol. The Hall–Kier alpha value is -3.06. The zero-order valence-electron chi connectivity index (χ0n) is 18.2. The first-order chi connectivity index (χ1) is 16.6. The Kier molecular flexibility index (Phi) is 5.65. The van der Waals surface area contributed by atoms with E-state index in [2.05, 4.69) is 17.6 Å². The molecule has 3 heterocycles. The van der Waals surface area contributed by atoms with Crippen LogP contribution in [0, 0.1) is 0 Å². The molecule has 0 unspecified atom stereocenters. The lowest BCUT2D eigenvalue weighted by molar-refractivity contribution is 0.0623. The highest BCUT2D eigenvalue weighted by Crippen LogP contribution is 2.41. The summed E-state index contributed by atoms with van der Waals surface area (Å²) < 4.78 is 8.09. The molecule has 1 N–H and O–H groups in total. The van der Waals surface area contributed by atoms with Gasteiger partial charge in [0, 0.05) is 16.2 Å². The van der Waals surface area contributed by atoms with E-state index in [1.165, 1.54) is 18.4 Å². The first kappa shape index (κ1) is 21.5. The van der Waals surface area contributed by atoms with Crippen molar-refractivity contribution in [2.45, 2.75) is 31.2 Å². The predicted molar refractivity (Wildman–Crippen MR) is 133 cm³/mol. The molecule has 8 heteroatoms. The predicted octanol–water partition coefficient (Wildman–Crippen LogP) is 6.20. The van der Waals surface area contributed by atoms with Crippen LogP contribution in [0.5, 0.6) is 11.6 Å². The van der Waals surface area contributed by atoms with Gasteiger partial charge in [-0.1, -0.05) is 41.4 Å². The van der Waals surface area contributed by atoms with E-state index in [1.807, 2.05) is 48.7 Å². The van der Waals surface area contributed by atoms with Crippen LogP contribution >= 0.6 is 23.2 Å². The SMILES string of the molecule is Clc1ccc(C[C@@H]2CONC(c3cc4cccn4nc3Oc3cccc(C4CC4)c3)=N2)c(Cl)c1. The minimum absolute atomic E-state index is 0.121. The fourth-order valence-electron chi connectivity index (χ4n) is 4.18. The number of aliphatic imine (C=N–C) groups is 1. The van der Waals surface area contributed by atoms with Crippen LogP contribution < -0.4 is 10.2 Å². The van der Waals surface area contributed by atoms with E-state index < -0.39 is 0 Å². The molecule has 0 spiro atoms. The van der Waals surface area contributed by atoms with E-state index >= 15 is 0 Å². The first-order valence-electron chi connectivity index (χ1n) is 11.3. The molecule has 1 saturated carbocycles. The minimum atomic E-state index is -0.121. The third kappa shape index (κ3) is 4.49. The highest BCUT2D eigenvalue weighted by atomic mass is 35.5. The number of hydroxylamine groups is 1. The molecular formula is C26H22Cl2N4O2. The number of amidine groups is 1. The topological polar surface area (TPSA) is 60.2 Å². The molecule has 2 aliphatic rings. The standard InChI is InChI=1S/C26H22Cl2N4O2/c27-19-9-8-18(24(28)13-19)11-20-15-33-31-25(29-20)23-14-21-4-2-10-32(21)30-26(23)34-22-5-1-3-17(12-22)16-6-7-16/h1-5,8-10,12-14,16,20H,6-7,11,15H2,(H,29,31)/t20-/m1/s1. The summed E-state index contributed by atoms with van der Waals surface area (Å²) in [6.07, 6.45) is 4.99. The Morgan fingerprint density at radius 2 is 1.97 bits per heavy atom. The lowest BCUT2D eigenvalue weighted by Crippen LogP contribution is -2.37. The summed E-state index contributed by atoms with van der Waals surface area (Å²) in [7, 11) is 0. The number of nitrogens with one attached hydrogen (secondary N) is 1. The van der Waals surface area contributed by atoms with Crippen molar-refractivity contribution in [2.75, 3.05) is 6.61 Å². The van der Waals surface area contributed by atoms with Gasteiger partial charge in [-0.05, 0) is 78.8 Å². The number of hydrogen-bond acceptors (Lipinski definition) is 5. The molecule has 0 bridgehead atoms. The van der Waals surface area contributed by atoms with Crippen molar-refractivity contribution in [1.29, 1.82) is 0 Å². The molecule has 1 atom stereocenters. The van der Waals surface area contributed by atoms with Gasteiger partial charge in [-0.3, -0.25) is 9.83 Å². The minimum Gasteiger partial charge on any atom is -0.437 e. The maximum Gasteiger partial charge on any atom is 0.248 e. The van der Waals surface area contributed by atoms with E-state index in [-0.39, 0.29) is 6.04 Å². The molecule has 6 nitrogen and oxygen atoms in total. The molecule has 2 aromatic carbocycles. The molecule has 0 saturated heterocycles. The average molecular weight is 493 g/mol. The molecular weight excluding hydrogens is 471 g/mol. The second kappa shape index (κ2) is 8.95. The summed E-state index contributed by atoms with van der Waals surface area (Å²) >= 11 is 12.4. The maximum absolute atomic E-state index is 6.39. The molecule has 34 heavy (non-hydrogen) atoms. The summed E-state index contributed by atoms with van der Waals surface area (Å²) in [6, 6.07) is 19.6. The van der Waals surface area contributed by atoms with Gasteiger partial charge in [-0.25, -0.2) is 10.00 Å². The second-order valence-electron chi connectivity index (χ2n) is 8.67. The molecule has 1 aliphatic carbocycles. The Morgan fingerprint density at radius 3 is 2.82 bits per heavy atom. The van der Waals surface area contributed by atoms with Gasteiger partial charge >= 0.3 is 0 Å². The van der Waals surface area contributed by atoms with Gasteiger partial charge in [0.1, 0.15) is 5.75 Å². The van der Waals surface area contributed by atoms with Crippen molar-refractivity contribution in [3.05, 3.63) is 93.6 Å². The van der Waals surface area contributed by atoms with Crippen molar-refractivity contribution >= 4 is 34.6 Å². The summed E-state index contributed by atoms with van der Waals surface area (Å²) in [4.78, 5) is 10.6. The van der Waals surface area contributed by atoms with E-state index in [0.29, 0.717) is 40.7 Å². The van der Waals surface area contributed by atoms with Gasteiger partial charge in [-0.2, -0.15) is 0 Å². The molecule has 0 radical (unpaired) electrons. The van der Waals surface area contributed by atoms with Gasteiger partial charge in [0.25, 0.3) is 0 Å². The summed E-state index contributed by atoms with van der Waals surface area (Å²) in [5.41, 5.74) is 6.90. The van der Waals surface area contributed by atoms with Crippen LogP contribution in [0.2, 0.25) is 10.0 Å². The smallest absolute Gasteiger partial charge is 0.248 e. The quantitative estimate of drug-likeness (QED) is 0.347. The Balaban J connectivity index is 1.34. The van der Waals surface area contributed by atoms with Crippen LogP contribution in [-0.4, -0.2) is 28.1 Å². The van der Waals surface area contributed by atoms with Crippen molar-refractivity contribution < 1.29 is 9.57 Å². The van der Waals surface area contributed by atoms with Crippen molar-refractivity contribution in [1.82, 2.24) is 15.1 Å². The Morgan fingerprint density at radius 1 is 1.06 bits per heavy atom. The third-order valence-corrected chi connectivity index (χ3v) is 6.67. The molecule has 172 valence electrons. The van der Waals surface area contributed by atoms with Gasteiger partial charge in [0.15, 0.2) is 5.84 Å². The molecule has 1 aliphatic heterocycles. The van der Waals surface area contributed by atoms with Gasteiger partial charge in [-0.15, -0.1) is 5.10 Å². The van der Waals surface area contributed by atoms with Crippen LogP contribution in [0.4, 0.5) is 0 Å². The second-order valence-corrected chi connectivity index (χ2v) is 9.52. The van der Waals surface area contributed by atoms with Crippen LogP contribution in [0.15, 0.2) is 71.9 Å². The van der Waals surface area contributed by atoms with Crippen LogP contribution in [0.1, 0.15) is 35.4 Å². The number of aromatic nitrogens is 2. The van der Waals surface area contributed by atoms with E-state index in [0.717, 1.165) is 22.4 Å². The van der Waals surface area contributed by atoms with Gasteiger partial charge in [0.2, 0.25) is 5.88 Å². The molecule has 2 aromatic heterocycles. The maximum atomic E-state index is 6.39. The van der Waals surface area contributed by atoms with Crippen molar-refractivity contribution in [2.24, 2.45) is 4.99 Å². The fraction of sp³-hybridized carbons (Fsp3) is 0.231. The molecule has 0 amide bonds. The summed E-state index contributed by atoms with van der Waals surface area (Å²) in [5.74, 6) is 2.43. The Labute approximate surface area is 207 Å². The van der Waals surface area contributed by atoms with Gasteiger partial charge < -0.3 is 4.74 Å². The molecule has 6 rings (SSSR count). The van der Waals surface area contributed by atoms with Crippen LogP contribution in [0.25, 0.3) is 5.52 Å². The number of nitrogens with zero attached hydrogens (tertiary/aromatic N) is 3. The Bertz CT molecular complexity index is 1400. The average Bonchev–Trinajstić information content (AvgIpc) is 3.59. The zero-order valence-corrected chi connectivity index (χ0v) is 19.8. The third-order valence-electron chi connectivity index (χ3n) is 6.08. The zero-order chi connectivity index (χ0) is 23.1. The van der Waals surface area contributed by atoms with Crippen molar-refractivity contribution in [3.63, 3.8) is 0 Å². The molecule has 1 fully saturated rings. The van der Waals surface area contributed by atoms with Crippen LogP contribution in [-0.2, 0) is 11.3 Å². The van der Waals surface area contributed by atoms with E-state index in [1.54, 1.807) is 10.6 Å². The normalized spacial score (nSPS) is 17.9. The molecule has 4 aromatic rings. The first-order valence-corrected chi connectivity index (χ1v) is 12.0. The number of rotatable bonds is 6. The number of ether oxygens (including phenoxy) is 1. The lowest BCUT2D eigenvalue weighted by atomic mass is 10.1. The largest absolute Gasteiger partial charge is 0.437 e. The van der Waals surface area contributed by atoms with E-state index in [4.69, 9.17) is 42.9 Å². The van der Waals surface area contributed by atoms with Crippen LogP contribution in [0.3, 0.4) is 0 Å². The number of hydrogen-bond donors (Lipinski definition) is 1. The number of benzene rings is 2. The van der Waals surface area contributed by atoms with Gasteiger partial charge in [0.05, 0.1) is 23.7 Å². The fourth-order valence-corrected chi connectivity index (χ4v) is 4.67. The number of halogens is 2.